The van der Waals surface area contributed by atoms with E-state index >= 15 is 0 Å². The minimum Gasteiger partial charge on any atom is -0.396 e. The number of aliphatic hydroxyl groups is 1. The minimum atomic E-state index is -0.230. The topological polar surface area (TPSA) is 23.5 Å². The molecule has 0 saturated carbocycles. The molecule has 100 valence electrons. The molecule has 1 heterocycles. The van der Waals surface area contributed by atoms with Crippen molar-refractivity contribution in [1.82, 2.24) is 4.90 Å². The van der Waals surface area contributed by atoms with Crippen LogP contribution in [0.3, 0.4) is 0 Å². The maximum absolute atomic E-state index is 13.7. The fraction of sp³-hybridized carbons (Fsp3) is 0.571. The molecule has 1 fully saturated rings. The molecule has 1 aliphatic heterocycles. The van der Waals surface area contributed by atoms with Gasteiger partial charge < -0.3 is 5.11 Å². The fourth-order valence-corrected chi connectivity index (χ4v) is 2.84. The molecule has 4 heteroatoms. The van der Waals surface area contributed by atoms with E-state index in [0.29, 0.717) is 23.0 Å². The molecule has 2 rings (SSSR count). The Hall–Kier alpha value is -0.640. The largest absolute Gasteiger partial charge is 0.396 e. The quantitative estimate of drug-likeness (QED) is 0.910. The van der Waals surface area contributed by atoms with Gasteiger partial charge in [-0.05, 0) is 43.9 Å². The molecule has 0 aromatic heterocycles. The zero-order chi connectivity index (χ0) is 13.0. The van der Waals surface area contributed by atoms with Crippen LogP contribution in [0.5, 0.6) is 0 Å². The van der Waals surface area contributed by atoms with Gasteiger partial charge in [0.05, 0.1) is 0 Å². The standard InChI is InChI=1S/C14H19ClFNO/c15-13-4-1-5-14(16)12(13)10-17-7-2-3-11(9-17)6-8-18/h1,4-5,11,18H,2-3,6-10H2. The van der Waals surface area contributed by atoms with E-state index in [1.54, 1.807) is 12.1 Å². The zero-order valence-electron chi connectivity index (χ0n) is 10.4. The fourth-order valence-electron chi connectivity index (χ4n) is 2.62. The molecule has 0 amide bonds. The second-order valence-electron chi connectivity index (χ2n) is 4.96. The molecule has 0 radical (unpaired) electrons. The Labute approximate surface area is 112 Å². The predicted octanol–water partition coefficient (Wildman–Crippen LogP) is 3.07. The van der Waals surface area contributed by atoms with Crippen molar-refractivity contribution >= 4 is 11.6 Å². The molecule has 1 atom stereocenters. The highest BCUT2D eigenvalue weighted by molar-refractivity contribution is 6.31. The lowest BCUT2D eigenvalue weighted by atomic mass is 9.95. The van der Waals surface area contributed by atoms with E-state index in [1.807, 2.05) is 0 Å². The van der Waals surface area contributed by atoms with Crippen LogP contribution in [-0.4, -0.2) is 29.7 Å². The van der Waals surface area contributed by atoms with Crippen LogP contribution in [0.25, 0.3) is 0 Å². The van der Waals surface area contributed by atoms with E-state index < -0.39 is 0 Å². The van der Waals surface area contributed by atoms with Crippen LogP contribution in [0.1, 0.15) is 24.8 Å². The summed E-state index contributed by atoms with van der Waals surface area (Å²) in [6.45, 7) is 2.70. The van der Waals surface area contributed by atoms with Gasteiger partial charge in [-0.3, -0.25) is 4.90 Å². The summed E-state index contributed by atoms with van der Waals surface area (Å²) >= 11 is 6.04. The molecule has 2 nitrogen and oxygen atoms in total. The second kappa shape index (κ2) is 6.50. The van der Waals surface area contributed by atoms with Gasteiger partial charge in [-0.25, -0.2) is 4.39 Å². The number of hydrogen-bond acceptors (Lipinski definition) is 2. The number of aliphatic hydroxyl groups excluding tert-OH is 1. The van der Waals surface area contributed by atoms with Crippen molar-refractivity contribution in [2.75, 3.05) is 19.7 Å². The Balaban J connectivity index is 2.00. The Bertz CT molecular complexity index is 377. The molecular formula is C14H19ClFNO. The van der Waals surface area contributed by atoms with Crippen molar-refractivity contribution in [1.29, 1.82) is 0 Å². The van der Waals surface area contributed by atoms with Crippen molar-refractivity contribution in [2.45, 2.75) is 25.8 Å². The molecule has 1 aromatic rings. The third-order valence-corrected chi connectivity index (χ3v) is 3.94. The maximum Gasteiger partial charge on any atom is 0.129 e. The van der Waals surface area contributed by atoms with Crippen LogP contribution in [0.2, 0.25) is 5.02 Å². The molecular weight excluding hydrogens is 253 g/mol. The van der Waals surface area contributed by atoms with Gasteiger partial charge in [0.2, 0.25) is 0 Å². The van der Waals surface area contributed by atoms with E-state index in [1.165, 1.54) is 6.07 Å². The van der Waals surface area contributed by atoms with E-state index in [0.717, 1.165) is 32.4 Å². The van der Waals surface area contributed by atoms with E-state index in [9.17, 15) is 4.39 Å². The summed E-state index contributed by atoms with van der Waals surface area (Å²) in [6.07, 6.45) is 3.10. The van der Waals surface area contributed by atoms with Gasteiger partial charge in [0.25, 0.3) is 0 Å². The van der Waals surface area contributed by atoms with Crippen molar-refractivity contribution in [3.63, 3.8) is 0 Å². The first-order chi connectivity index (χ1) is 8.70. The van der Waals surface area contributed by atoms with Gasteiger partial charge in [-0.15, -0.1) is 0 Å². The lowest BCUT2D eigenvalue weighted by Crippen LogP contribution is -2.35. The van der Waals surface area contributed by atoms with Gasteiger partial charge >= 0.3 is 0 Å². The van der Waals surface area contributed by atoms with Crippen LogP contribution < -0.4 is 0 Å². The van der Waals surface area contributed by atoms with Crippen molar-refractivity contribution in [2.24, 2.45) is 5.92 Å². The van der Waals surface area contributed by atoms with Crippen LogP contribution >= 0.6 is 11.6 Å². The molecule has 1 saturated heterocycles. The highest BCUT2D eigenvalue weighted by atomic mass is 35.5. The van der Waals surface area contributed by atoms with Crippen LogP contribution in [0.15, 0.2) is 18.2 Å². The van der Waals surface area contributed by atoms with Crippen molar-refractivity contribution < 1.29 is 9.50 Å². The summed E-state index contributed by atoms with van der Waals surface area (Å²) in [4.78, 5) is 2.23. The van der Waals surface area contributed by atoms with Gasteiger partial charge in [0, 0.05) is 30.3 Å². The van der Waals surface area contributed by atoms with Crippen molar-refractivity contribution in [3.8, 4) is 0 Å². The molecule has 1 N–H and O–H groups in total. The van der Waals surface area contributed by atoms with Crippen LogP contribution in [-0.2, 0) is 6.54 Å². The van der Waals surface area contributed by atoms with Gasteiger partial charge in [0.1, 0.15) is 5.82 Å². The number of nitrogens with zero attached hydrogens (tertiary/aromatic N) is 1. The summed E-state index contributed by atoms with van der Waals surface area (Å²) in [7, 11) is 0. The first kappa shape index (κ1) is 13.8. The average molecular weight is 272 g/mol. The van der Waals surface area contributed by atoms with E-state index in [-0.39, 0.29) is 12.4 Å². The smallest absolute Gasteiger partial charge is 0.129 e. The normalized spacial score (nSPS) is 21.2. The summed E-state index contributed by atoms with van der Waals surface area (Å²) in [6, 6.07) is 4.82. The summed E-state index contributed by atoms with van der Waals surface area (Å²) < 4.78 is 13.7. The number of benzene rings is 1. The molecule has 0 spiro atoms. The maximum atomic E-state index is 13.7. The Kier molecular flexibility index (Phi) is 4.98. The first-order valence-electron chi connectivity index (χ1n) is 6.47. The molecule has 1 unspecified atom stereocenters. The monoisotopic (exact) mass is 271 g/mol. The average Bonchev–Trinajstić information content (AvgIpc) is 2.35. The third kappa shape index (κ3) is 3.44. The molecule has 0 aliphatic carbocycles. The molecule has 18 heavy (non-hydrogen) atoms. The van der Waals surface area contributed by atoms with Crippen molar-refractivity contribution in [3.05, 3.63) is 34.6 Å². The van der Waals surface area contributed by atoms with Gasteiger partial charge in [-0.2, -0.15) is 0 Å². The summed E-state index contributed by atoms with van der Waals surface area (Å²) in [5.74, 6) is 0.293. The first-order valence-corrected chi connectivity index (χ1v) is 6.84. The number of likely N-dealkylation sites (tertiary alicyclic amines) is 1. The minimum absolute atomic E-state index is 0.230. The second-order valence-corrected chi connectivity index (χ2v) is 5.36. The number of hydrogen-bond donors (Lipinski definition) is 1. The zero-order valence-corrected chi connectivity index (χ0v) is 11.2. The number of piperidine rings is 1. The Morgan fingerprint density at radius 1 is 1.44 bits per heavy atom. The van der Waals surface area contributed by atoms with Crippen LogP contribution in [0, 0.1) is 11.7 Å². The number of halogens is 2. The summed E-state index contributed by atoms with van der Waals surface area (Å²) in [5, 5.41) is 9.48. The Morgan fingerprint density at radius 2 is 2.28 bits per heavy atom. The Morgan fingerprint density at radius 3 is 3.00 bits per heavy atom. The van der Waals surface area contributed by atoms with Gasteiger partial charge in [-0.1, -0.05) is 17.7 Å². The summed E-state index contributed by atoms with van der Waals surface area (Å²) in [5.41, 5.74) is 0.587. The highest BCUT2D eigenvalue weighted by Gasteiger charge is 2.21. The highest BCUT2D eigenvalue weighted by Crippen LogP contribution is 2.25. The van der Waals surface area contributed by atoms with Gasteiger partial charge in [0.15, 0.2) is 0 Å². The predicted molar refractivity (Wildman–Crippen MR) is 71.1 cm³/mol. The van der Waals surface area contributed by atoms with Crippen LogP contribution in [0.4, 0.5) is 4.39 Å². The lowest BCUT2D eigenvalue weighted by molar-refractivity contribution is 0.141. The molecule has 1 aromatic carbocycles. The molecule has 0 bridgehead atoms. The SMILES string of the molecule is OCCC1CCCN(Cc2c(F)cccc2Cl)C1. The molecule has 1 aliphatic rings. The third-order valence-electron chi connectivity index (χ3n) is 3.58. The lowest BCUT2D eigenvalue weighted by Gasteiger charge is -2.32. The van der Waals surface area contributed by atoms with E-state index in [2.05, 4.69) is 4.90 Å². The number of rotatable bonds is 4. The van der Waals surface area contributed by atoms with E-state index in [4.69, 9.17) is 16.7 Å².